The fourth-order valence-corrected chi connectivity index (χ4v) is 7.00. The van der Waals surface area contributed by atoms with Gasteiger partial charge in [-0.05, 0) is 75.5 Å². The van der Waals surface area contributed by atoms with Crippen LogP contribution in [0.15, 0.2) is 11.4 Å². The Hall–Kier alpha value is -2.58. The van der Waals surface area contributed by atoms with Gasteiger partial charge in [0.2, 0.25) is 5.91 Å². The molecule has 3 aliphatic carbocycles. The normalized spacial score (nSPS) is 34.0. The maximum atomic E-state index is 13.2. The average molecular weight is 472 g/mol. The first-order chi connectivity index (χ1) is 16.2. The molecule has 0 aromatic heterocycles. The van der Waals surface area contributed by atoms with Crippen LogP contribution in [-0.4, -0.2) is 63.1 Å². The van der Waals surface area contributed by atoms with Gasteiger partial charge < -0.3 is 16.4 Å². The first-order valence-corrected chi connectivity index (χ1v) is 13.0. The van der Waals surface area contributed by atoms with Crippen molar-refractivity contribution in [2.24, 2.45) is 22.8 Å². The molecule has 0 radical (unpaired) electrons. The summed E-state index contributed by atoms with van der Waals surface area (Å²) >= 11 is 0. The summed E-state index contributed by atoms with van der Waals surface area (Å²) < 4.78 is 0. The number of hydrogen-bond donors (Lipinski definition) is 2. The third-order valence-corrected chi connectivity index (χ3v) is 8.96. The van der Waals surface area contributed by atoms with E-state index in [1.807, 2.05) is 6.92 Å². The number of nitrogens with two attached hydrogens (primary N) is 2. The lowest BCUT2D eigenvalue weighted by Gasteiger charge is -2.61. The standard InChI is InChI=1S/C25H37N5O4/c1-2-3-12-28-21(32)19(20(26)27)22(33)30(23(28)34)17-6-9-24(10-7-17)14-25(15-24)11-8-18(31)29(25)13-16-4-5-16/h16-17H,2-15,26-27H2,1H3. The molecule has 5 aliphatic rings. The summed E-state index contributed by atoms with van der Waals surface area (Å²) in [6.45, 7) is 3.15. The third kappa shape index (κ3) is 3.67. The summed E-state index contributed by atoms with van der Waals surface area (Å²) in [6.07, 6.45) is 10.9. The summed E-state index contributed by atoms with van der Waals surface area (Å²) in [6, 6.07) is -0.807. The number of hydrogen-bond acceptors (Lipinski definition) is 6. The molecule has 3 saturated carbocycles. The van der Waals surface area contributed by atoms with Crippen LogP contribution in [0.4, 0.5) is 4.79 Å². The molecular weight excluding hydrogens is 434 g/mol. The van der Waals surface area contributed by atoms with Gasteiger partial charge in [-0.3, -0.25) is 24.2 Å². The van der Waals surface area contributed by atoms with E-state index in [1.54, 1.807) is 0 Å². The largest absolute Gasteiger partial charge is 0.385 e. The molecule has 2 heterocycles. The van der Waals surface area contributed by atoms with Crippen LogP contribution in [-0.2, 0) is 14.4 Å². The molecule has 0 unspecified atom stereocenters. The van der Waals surface area contributed by atoms with Crippen molar-refractivity contribution < 1.29 is 19.2 Å². The van der Waals surface area contributed by atoms with Gasteiger partial charge >= 0.3 is 6.03 Å². The van der Waals surface area contributed by atoms with Crippen molar-refractivity contribution in [1.29, 1.82) is 0 Å². The lowest BCUT2D eigenvalue weighted by atomic mass is 9.51. The minimum atomic E-state index is -0.686. The van der Waals surface area contributed by atoms with Crippen LogP contribution in [0.1, 0.15) is 84.0 Å². The molecule has 9 heteroatoms. The van der Waals surface area contributed by atoms with Crippen molar-refractivity contribution in [3.05, 3.63) is 11.4 Å². The Morgan fingerprint density at radius 2 is 1.65 bits per heavy atom. The molecule has 5 fully saturated rings. The van der Waals surface area contributed by atoms with Crippen molar-refractivity contribution >= 4 is 23.8 Å². The SMILES string of the molecule is CCCCN1C(=O)C(=C(N)N)C(=O)N(C2CCC3(CC2)CC2(CCC(=O)N2CC2CC2)C3)C1=O. The van der Waals surface area contributed by atoms with E-state index >= 15 is 0 Å². The second kappa shape index (κ2) is 8.27. The van der Waals surface area contributed by atoms with E-state index in [0.717, 1.165) is 50.0 Å². The zero-order valence-electron chi connectivity index (χ0n) is 20.2. The number of barbiturate groups is 1. The molecule has 0 bridgehead atoms. The van der Waals surface area contributed by atoms with Crippen molar-refractivity contribution in [3.63, 3.8) is 0 Å². The molecule has 9 nitrogen and oxygen atoms in total. The van der Waals surface area contributed by atoms with E-state index in [1.165, 1.54) is 17.7 Å². The molecule has 4 N–H and O–H groups in total. The van der Waals surface area contributed by atoms with Crippen molar-refractivity contribution in [2.75, 3.05) is 13.1 Å². The van der Waals surface area contributed by atoms with Crippen LogP contribution < -0.4 is 11.5 Å². The van der Waals surface area contributed by atoms with E-state index in [-0.39, 0.29) is 34.9 Å². The van der Waals surface area contributed by atoms with Crippen LogP contribution in [0.25, 0.3) is 0 Å². The van der Waals surface area contributed by atoms with Gasteiger partial charge in [0, 0.05) is 31.1 Å². The summed E-state index contributed by atoms with van der Waals surface area (Å²) in [5.41, 5.74) is 11.3. The number of carbonyl (C=O) groups excluding carboxylic acids is 4. The molecule has 5 rings (SSSR count). The fraction of sp³-hybridized carbons (Fsp3) is 0.760. The predicted molar refractivity (Wildman–Crippen MR) is 125 cm³/mol. The van der Waals surface area contributed by atoms with Gasteiger partial charge in [0.1, 0.15) is 11.4 Å². The molecule has 0 aromatic rings. The average Bonchev–Trinajstić information content (AvgIpc) is 3.54. The van der Waals surface area contributed by atoms with Crippen LogP contribution in [0.5, 0.6) is 0 Å². The Morgan fingerprint density at radius 3 is 2.24 bits per heavy atom. The van der Waals surface area contributed by atoms with Gasteiger partial charge in [0.25, 0.3) is 11.8 Å². The second-order valence-corrected chi connectivity index (χ2v) is 11.4. The molecule has 2 saturated heterocycles. The third-order valence-electron chi connectivity index (χ3n) is 8.96. The molecular formula is C25H37N5O4. The number of amides is 5. The quantitative estimate of drug-likeness (QED) is 0.451. The minimum absolute atomic E-state index is 0.0382. The monoisotopic (exact) mass is 471 g/mol. The fourth-order valence-electron chi connectivity index (χ4n) is 7.00. The van der Waals surface area contributed by atoms with Gasteiger partial charge in [0.05, 0.1) is 0 Å². The van der Waals surface area contributed by atoms with E-state index in [2.05, 4.69) is 4.90 Å². The van der Waals surface area contributed by atoms with Crippen LogP contribution in [0.3, 0.4) is 0 Å². The highest BCUT2D eigenvalue weighted by molar-refractivity contribution is 6.29. The molecule has 34 heavy (non-hydrogen) atoms. The number of rotatable bonds is 6. The number of imide groups is 2. The van der Waals surface area contributed by atoms with Crippen molar-refractivity contribution in [2.45, 2.75) is 95.6 Å². The van der Waals surface area contributed by atoms with E-state index in [9.17, 15) is 19.2 Å². The Kier molecular flexibility index (Phi) is 5.64. The molecule has 5 amide bonds. The summed E-state index contributed by atoms with van der Waals surface area (Å²) in [4.78, 5) is 56.2. The lowest BCUT2D eigenvalue weighted by Crippen LogP contribution is -2.64. The van der Waals surface area contributed by atoms with Crippen LogP contribution >= 0.6 is 0 Å². The zero-order valence-corrected chi connectivity index (χ0v) is 20.2. The van der Waals surface area contributed by atoms with E-state index in [0.29, 0.717) is 37.5 Å². The highest BCUT2D eigenvalue weighted by Crippen LogP contribution is 2.63. The number of likely N-dealkylation sites (tertiary alicyclic amines) is 1. The van der Waals surface area contributed by atoms with Crippen LogP contribution in [0, 0.1) is 11.3 Å². The Bertz CT molecular complexity index is 935. The predicted octanol–water partition coefficient (Wildman–Crippen LogP) is 2.20. The molecule has 0 atom stereocenters. The zero-order chi connectivity index (χ0) is 24.3. The van der Waals surface area contributed by atoms with Crippen molar-refractivity contribution in [3.8, 4) is 0 Å². The number of unbranched alkanes of at least 4 members (excludes halogenated alkanes) is 1. The number of urea groups is 1. The molecule has 0 aromatic carbocycles. The maximum absolute atomic E-state index is 13.2. The number of carbonyl (C=O) groups is 4. The lowest BCUT2D eigenvalue weighted by molar-refractivity contribution is -0.147. The van der Waals surface area contributed by atoms with Gasteiger partial charge in [-0.2, -0.15) is 0 Å². The topological polar surface area (TPSA) is 130 Å². The number of nitrogens with zero attached hydrogens (tertiary/aromatic N) is 3. The minimum Gasteiger partial charge on any atom is -0.385 e. The summed E-state index contributed by atoms with van der Waals surface area (Å²) in [5.74, 6) is -0.669. The smallest absolute Gasteiger partial charge is 0.334 e. The Labute approximate surface area is 200 Å². The van der Waals surface area contributed by atoms with Crippen LogP contribution in [0.2, 0.25) is 0 Å². The highest BCUT2D eigenvalue weighted by Gasteiger charge is 2.62. The van der Waals surface area contributed by atoms with Gasteiger partial charge in [-0.1, -0.05) is 13.3 Å². The van der Waals surface area contributed by atoms with E-state index in [4.69, 9.17) is 11.5 Å². The first kappa shape index (κ1) is 23.2. The van der Waals surface area contributed by atoms with Gasteiger partial charge in [-0.25, -0.2) is 4.79 Å². The van der Waals surface area contributed by atoms with Gasteiger partial charge in [-0.15, -0.1) is 0 Å². The maximum Gasteiger partial charge on any atom is 0.334 e. The van der Waals surface area contributed by atoms with Gasteiger partial charge in [0.15, 0.2) is 0 Å². The second-order valence-electron chi connectivity index (χ2n) is 11.4. The van der Waals surface area contributed by atoms with E-state index < -0.39 is 17.8 Å². The first-order valence-electron chi connectivity index (χ1n) is 13.0. The summed E-state index contributed by atoms with van der Waals surface area (Å²) in [7, 11) is 0. The Morgan fingerprint density at radius 1 is 0.971 bits per heavy atom. The molecule has 2 aliphatic heterocycles. The Balaban J connectivity index is 1.27. The van der Waals surface area contributed by atoms with Crippen molar-refractivity contribution in [1.82, 2.24) is 14.7 Å². The molecule has 186 valence electrons. The summed E-state index contributed by atoms with van der Waals surface area (Å²) in [5, 5.41) is 0. The molecule has 2 spiro atoms. The highest BCUT2D eigenvalue weighted by atomic mass is 16.2.